The normalized spacial score (nSPS) is 16.8. The number of rotatable bonds is 6. The lowest BCUT2D eigenvalue weighted by Gasteiger charge is -2.33. The number of aryl methyl sites for hydroxylation is 1. The summed E-state index contributed by atoms with van der Waals surface area (Å²) < 4.78 is 0. The lowest BCUT2D eigenvalue weighted by Crippen LogP contribution is -2.34. The minimum atomic E-state index is 0.410. The average Bonchev–Trinajstić information content (AvgIpc) is 3.16. The van der Waals surface area contributed by atoms with Crippen molar-refractivity contribution in [2.24, 2.45) is 0 Å². The number of fused-ring (bicyclic) bond motifs is 3. The van der Waals surface area contributed by atoms with Crippen LogP contribution in [0.4, 0.5) is 0 Å². The highest BCUT2D eigenvalue weighted by Crippen LogP contribution is 2.37. The van der Waals surface area contributed by atoms with Crippen molar-refractivity contribution >= 4 is 10.9 Å². The quantitative estimate of drug-likeness (QED) is 0.445. The van der Waals surface area contributed by atoms with Gasteiger partial charge in [0.2, 0.25) is 0 Å². The number of para-hydroxylation sites is 1. The standard InChI is InChI=1S/C26H27N3/c1-2-9-21(10-3-1)23-18-29(17-7-6-8-20-13-15-27-16-14-20)19-24-22-11-4-5-12-25(22)28-26(23)24/h1-5,9-16,23,28H,6-8,17-19H2. The Morgan fingerprint density at radius 1 is 0.897 bits per heavy atom. The summed E-state index contributed by atoms with van der Waals surface area (Å²) in [6.45, 7) is 3.27. The van der Waals surface area contributed by atoms with Crippen molar-refractivity contribution in [3.05, 3.63) is 102 Å². The first-order chi connectivity index (χ1) is 14.4. The van der Waals surface area contributed by atoms with E-state index >= 15 is 0 Å². The van der Waals surface area contributed by atoms with Gasteiger partial charge in [-0.25, -0.2) is 0 Å². The van der Waals surface area contributed by atoms with Crippen molar-refractivity contribution in [1.82, 2.24) is 14.9 Å². The van der Waals surface area contributed by atoms with E-state index in [4.69, 9.17) is 0 Å². The maximum Gasteiger partial charge on any atom is 0.0459 e. The molecule has 2 aromatic carbocycles. The van der Waals surface area contributed by atoms with Gasteiger partial charge in [0.1, 0.15) is 0 Å². The molecular formula is C26H27N3. The third-order valence-corrected chi connectivity index (χ3v) is 6.16. The van der Waals surface area contributed by atoms with E-state index in [1.807, 2.05) is 12.4 Å². The molecule has 5 rings (SSSR count). The molecule has 2 aromatic heterocycles. The van der Waals surface area contributed by atoms with E-state index in [-0.39, 0.29) is 0 Å². The van der Waals surface area contributed by atoms with Crippen LogP contribution in [-0.4, -0.2) is 28.0 Å². The number of hydrogen-bond acceptors (Lipinski definition) is 2. The van der Waals surface area contributed by atoms with Crippen LogP contribution in [0.2, 0.25) is 0 Å². The SMILES string of the molecule is c1ccc(C2CN(CCCCc3ccncc3)Cc3c2[nH]c2ccccc32)cc1. The van der Waals surface area contributed by atoms with E-state index in [1.54, 1.807) is 0 Å². The average molecular weight is 382 g/mol. The number of nitrogens with one attached hydrogen (secondary N) is 1. The molecule has 0 bridgehead atoms. The Morgan fingerprint density at radius 3 is 2.55 bits per heavy atom. The maximum absolute atomic E-state index is 4.11. The molecule has 0 radical (unpaired) electrons. The Kier molecular flexibility index (Phi) is 5.14. The molecule has 0 saturated carbocycles. The minimum absolute atomic E-state index is 0.410. The summed E-state index contributed by atoms with van der Waals surface area (Å²) in [5.41, 5.74) is 6.94. The summed E-state index contributed by atoms with van der Waals surface area (Å²) in [6.07, 6.45) is 7.36. The first kappa shape index (κ1) is 18.1. The molecule has 0 amide bonds. The van der Waals surface area contributed by atoms with Crippen LogP contribution in [-0.2, 0) is 13.0 Å². The molecule has 0 aliphatic carbocycles. The number of benzene rings is 2. The predicted molar refractivity (Wildman–Crippen MR) is 119 cm³/mol. The number of H-pyrrole nitrogens is 1. The number of unbranched alkanes of at least 4 members (excludes halogenated alkanes) is 1. The number of aromatic amines is 1. The van der Waals surface area contributed by atoms with Gasteiger partial charge in [-0.3, -0.25) is 9.88 Å². The molecule has 1 aliphatic rings. The molecule has 1 atom stereocenters. The van der Waals surface area contributed by atoms with Crippen LogP contribution < -0.4 is 0 Å². The first-order valence-corrected chi connectivity index (χ1v) is 10.6. The van der Waals surface area contributed by atoms with Gasteiger partial charge in [-0.05, 0) is 60.7 Å². The van der Waals surface area contributed by atoms with Crippen LogP contribution in [0.1, 0.15) is 41.1 Å². The molecule has 0 spiro atoms. The molecular weight excluding hydrogens is 354 g/mol. The molecule has 1 N–H and O–H groups in total. The molecule has 1 aliphatic heterocycles. The summed E-state index contributed by atoms with van der Waals surface area (Å²) in [4.78, 5) is 10.5. The monoisotopic (exact) mass is 381 g/mol. The van der Waals surface area contributed by atoms with E-state index < -0.39 is 0 Å². The van der Waals surface area contributed by atoms with Crippen LogP contribution in [0.25, 0.3) is 10.9 Å². The number of pyridine rings is 1. The van der Waals surface area contributed by atoms with Gasteiger partial charge in [-0.15, -0.1) is 0 Å². The second kappa shape index (κ2) is 8.22. The third-order valence-electron chi connectivity index (χ3n) is 6.16. The summed E-state index contributed by atoms with van der Waals surface area (Å²) >= 11 is 0. The van der Waals surface area contributed by atoms with Crippen LogP contribution in [0.5, 0.6) is 0 Å². The fraction of sp³-hybridized carbons (Fsp3) is 0.269. The zero-order valence-corrected chi connectivity index (χ0v) is 16.7. The van der Waals surface area contributed by atoms with Crippen molar-refractivity contribution in [3.63, 3.8) is 0 Å². The van der Waals surface area contributed by atoms with Crippen molar-refractivity contribution in [2.45, 2.75) is 31.7 Å². The van der Waals surface area contributed by atoms with Crippen molar-refractivity contribution in [1.29, 1.82) is 0 Å². The second-order valence-electron chi connectivity index (χ2n) is 8.07. The molecule has 0 fully saturated rings. The van der Waals surface area contributed by atoms with Crippen LogP contribution in [0.3, 0.4) is 0 Å². The summed E-state index contributed by atoms with van der Waals surface area (Å²) in [5.74, 6) is 0.410. The number of aromatic nitrogens is 2. The lowest BCUT2D eigenvalue weighted by atomic mass is 9.88. The van der Waals surface area contributed by atoms with E-state index in [2.05, 4.69) is 81.6 Å². The molecule has 0 saturated heterocycles. The van der Waals surface area contributed by atoms with Gasteiger partial charge in [0, 0.05) is 48.0 Å². The van der Waals surface area contributed by atoms with Crippen molar-refractivity contribution < 1.29 is 0 Å². The molecule has 1 unspecified atom stereocenters. The Bertz CT molecular complexity index is 1070. The molecule has 3 heteroatoms. The van der Waals surface area contributed by atoms with E-state index in [9.17, 15) is 0 Å². The maximum atomic E-state index is 4.11. The Balaban J connectivity index is 1.35. The highest BCUT2D eigenvalue weighted by Gasteiger charge is 2.29. The van der Waals surface area contributed by atoms with E-state index in [1.165, 1.54) is 46.1 Å². The van der Waals surface area contributed by atoms with E-state index in [0.29, 0.717) is 5.92 Å². The highest BCUT2D eigenvalue weighted by molar-refractivity contribution is 5.85. The third kappa shape index (κ3) is 3.83. The fourth-order valence-corrected chi connectivity index (χ4v) is 4.67. The van der Waals surface area contributed by atoms with Crippen LogP contribution in [0, 0.1) is 0 Å². The Labute approximate surface area is 172 Å². The fourth-order valence-electron chi connectivity index (χ4n) is 4.67. The second-order valence-corrected chi connectivity index (χ2v) is 8.07. The Hall–Kier alpha value is -2.91. The lowest BCUT2D eigenvalue weighted by molar-refractivity contribution is 0.236. The topological polar surface area (TPSA) is 31.9 Å². The van der Waals surface area contributed by atoms with Crippen LogP contribution >= 0.6 is 0 Å². The van der Waals surface area contributed by atoms with Crippen molar-refractivity contribution in [3.8, 4) is 0 Å². The minimum Gasteiger partial charge on any atom is -0.358 e. The summed E-state index contributed by atoms with van der Waals surface area (Å²) in [7, 11) is 0. The van der Waals surface area contributed by atoms with Gasteiger partial charge in [-0.2, -0.15) is 0 Å². The molecule has 3 nitrogen and oxygen atoms in total. The smallest absolute Gasteiger partial charge is 0.0459 e. The van der Waals surface area contributed by atoms with Gasteiger partial charge in [0.15, 0.2) is 0 Å². The van der Waals surface area contributed by atoms with Gasteiger partial charge in [0.05, 0.1) is 0 Å². The number of nitrogens with zero attached hydrogens (tertiary/aromatic N) is 2. The zero-order chi connectivity index (χ0) is 19.5. The first-order valence-electron chi connectivity index (χ1n) is 10.6. The van der Waals surface area contributed by atoms with Crippen molar-refractivity contribution in [2.75, 3.05) is 13.1 Å². The van der Waals surface area contributed by atoms with Gasteiger partial charge in [0.25, 0.3) is 0 Å². The molecule has 4 aromatic rings. The summed E-state index contributed by atoms with van der Waals surface area (Å²) in [6, 6.07) is 24.0. The zero-order valence-electron chi connectivity index (χ0n) is 16.7. The van der Waals surface area contributed by atoms with Gasteiger partial charge < -0.3 is 4.98 Å². The largest absolute Gasteiger partial charge is 0.358 e. The van der Waals surface area contributed by atoms with Gasteiger partial charge in [-0.1, -0.05) is 48.5 Å². The van der Waals surface area contributed by atoms with Gasteiger partial charge >= 0.3 is 0 Å². The molecule has 3 heterocycles. The van der Waals surface area contributed by atoms with E-state index in [0.717, 1.165) is 26.1 Å². The Morgan fingerprint density at radius 2 is 1.69 bits per heavy atom. The molecule has 29 heavy (non-hydrogen) atoms. The predicted octanol–water partition coefficient (Wildman–Crippen LogP) is 5.53. The summed E-state index contributed by atoms with van der Waals surface area (Å²) in [5, 5.41) is 1.38. The molecule has 146 valence electrons. The van der Waals surface area contributed by atoms with Crippen LogP contribution in [0.15, 0.2) is 79.1 Å². The number of hydrogen-bond donors (Lipinski definition) is 1. The highest BCUT2D eigenvalue weighted by atomic mass is 15.1.